The Morgan fingerprint density at radius 2 is 1.74 bits per heavy atom. The molecule has 0 saturated carbocycles. The number of Topliss-reactive ketones (excluding diaryl/α,β-unsaturated/α-hetero) is 2. The number of carbonyl (C=O) groups excluding carboxylic acids is 2. The molecule has 0 atom stereocenters. The first kappa shape index (κ1) is 24.7. The van der Waals surface area contributed by atoms with Gasteiger partial charge >= 0.3 is 5.69 Å². The quantitative estimate of drug-likeness (QED) is 0.584. The molecule has 0 spiro atoms. The molecular weight excluding hydrogens is 452 g/mol. The van der Waals surface area contributed by atoms with Crippen LogP contribution in [-0.4, -0.2) is 58.4 Å². The highest BCUT2D eigenvalue weighted by molar-refractivity contribution is 6.01. The van der Waals surface area contributed by atoms with Gasteiger partial charge in [0.1, 0.15) is 24.6 Å². The van der Waals surface area contributed by atoms with Crippen molar-refractivity contribution in [2.45, 2.75) is 33.2 Å². The van der Waals surface area contributed by atoms with Crippen LogP contribution < -0.4 is 26.5 Å². The Morgan fingerprint density at radius 1 is 1.09 bits per heavy atom. The van der Waals surface area contributed by atoms with Crippen molar-refractivity contribution in [1.29, 1.82) is 0 Å². The smallest absolute Gasteiger partial charge is 0.332 e. The van der Waals surface area contributed by atoms with Gasteiger partial charge in [-0.15, -0.1) is 0 Å². The molecule has 0 unspecified atom stereocenters. The van der Waals surface area contributed by atoms with Crippen LogP contribution in [-0.2, 0) is 13.6 Å². The molecule has 0 amide bonds. The minimum absolute atomic E-state index is 0.00422. The van der Waals surface area contributed by atoms with Crippen molar-refractivity contribution in [3.05, 3.63) is 50.2 Å². The van der Waals surface area contributed by atoms with Crippen LogP contribution in [0.15, 0.2) is 27.8 Å². The second-order valence-corrected chi connectivity index (χ2v) is 9.61. The van der Waals surface area contributed by atoms with Crippen molar-refractivity contribution < 1.29 is 19.1 Å². The standard InChI is InChI=1S/C25H32N4O6/c1-15(2)13-29-23(26)21(24(32)27(3)25(29)33)18(30)14-28-8-6-16(7-9-28)22(31)17-4-5-19-20(12-17)35-11-10-34-19/h4-5,12,15-16H,6-11,13-14,26H2,1-3H3. The van der Waals surface area contributed by atoms with Gasteiger partial charge in [-0.3, -0.25) is 28.4 Å². The van der Waals surface area contributed by atoms with Crippen LogP contribution in [0.1, 0.15) is 47.4 Å². The predicted octanol–water partition coefficient (Wildman–Crippen LogP) is 1.33. The Labute approximate surface area is 203 Å². The number of nitrogens with zero attached hydrogens (tertiary/aromatic N) is 3. The van der Waals surface area contributed by atoms with Crippen LogP contribution in [0.3, 0.4) is 0 Å². The minimum atomic E-state index is -0.679. The first-order valence-electron chi connectivity index (χ1n) is 12.0. The van der Waals surface area contributed by atoms with E-state index in [4.69, 9.17) is 15.2 Å². The Hall–Kier alpha value is -3.40. The monoisotopic (exact) mass is 484 g/mol. The number of nitrogen functional groups attached to an aromatic ring is 1. The Bertz CT molecular complexity index is 1250. The van der Waals surface area contributed by atoms with E-state index in [2.05, 4.69) is 0 Å². The van der Waals surface area contributed by atoms with Crippen molar-refractivity contribution in [1.82, 2.24) is 14.0 Å². The van der Waals surface area contributed by atoms with Crippen molar-refractivity contribution in [3.63, 3.8) is 0 Å². The number of likely N-dealkylation sites (tertiary alicyclic amines) is 1. The Morgan fingerprint density at radius 3 is 2.40 bits per heavy atom. The van der Waals surface area contributed by atoms with Gasteiger partial charge in [0.2, 0.25) is 0 Å². The summed E-state index contributed by atoms with van der Waals surface area (Å²) >= 11 is 0. The fourth-order valence-corrected chi connectivity index (χ4v) is 4.65. The van der Waals surface area contributed by atoms with Crippen LogP contribution >= 0.6 is 0 Å². The molecule has 2 N–H and O–H groups in total. The molecule has 188 valence electrons. The zero-order chi connectivity index (χ0) is 25.3. The zero-order valence-electron chi connectivity index (χ0n) is 20.4. The van der Waals surface area contributed by atoms with E-state index >= 15 is 0 Å². The molecule has 1 saturated heterocycles. The third-order valence-corrected chi connectivity index (χ3v) is 6.56. The van der Waals surface area contributed by atoms with Gasteiger partial charge < -0.3 is 15.2 Å². The van der Waals surface area contributed by atoms with Gasteiger partial charge in [0.15, 0.2) is 23.1 Å². The number of benzene rings is 1. The van der Waals surface area contributed by atoms with Gasteiger partial charge in [-0.25, -0.2) is 4.79 Å². The fraction of sp³-hybridized carbons (Fsp3) is 0.520. The van der Waals surface area contributed by atoms with Crippen LogP contribution in [0.5, 0.6) is 11.5 Å². The van der Waals surface area contributed by atoms with E-state index in [1.807, 2.05) is 18.7 Å². The summed E-state index contributed by atoms with van der Waals surface area (Å²) in [6.07, 6.45) is 1.20. The topological polar surface area (TPSA) is 126 Å². The van der Waals surface area contributed by atoms with E-state index in [-0.39, 0.29) is 35.5 Å². The van der Waals surface area contributed by atoms with E-state index in [1.54, 1.807) is 18.2 Å². The van der Waals surface area contributed by atoms with Gasteiger partial charge in [-0.1, -0.05) is 13.8 Å². The number of ketones is 2. The number of carbonyl (C=O) groups is 2. The normalized spacial score (nSPS) is 16.5. The lowest BCUT2D eigenvalue weighted by molar-refractivity contribution is 0.0804. The molecule has 2 aliphatic rings. The average molecular weight is 485 g/mol. The number of nitrogens with two attached hydrogens (primary N) is 1. The molecule has 10 heteroatoms. The molecule has 1 fully saturated rings. The van der Waals surface area contributed by atoms with E-state index in [0.29, 0.717) is 62.8 Å². The van der Waals surface area contributed by atoms with Gasteiger partial charge in [-0.05, 0) is 50.0 Å². The number of aromatic nitrogens is 2. The Balaban J connectivity index is 1.42. The largest absolute Gasteiger partial charge is 0.486 e. The van der Waals surface area contributed by atoms with Gasteiger partial charge in [0.25, 0.3) is 5.56 Å². The number of hydrogen-bond donors (Lipinski definition) is 1. The summed E-state index contributed by atoms with van der Waals surface area (Å²) in [6.45, 7) is 6.20. The first-order chi connectivity index (χ1) is 16.7. The fourth-order valence-electron chi connectivity index (χ4n) is 4.65. The SMILES string of the molecule is CC(C)Cn1c(N)c(C(=O)CN2CCC(C(=O)c3ccc4c(c3)OCCO4)CC2)c(=O)n(C)c1=O. The van der Waals surface area contributed by atoms with Gasteiger partial charge in [0, 0.05) is 25.1 Å². The number of piperidine rings is 1. The zero-order valence-corrected chi connectivity index (χ0v) is 20.4. The molecule has 3 heterocycles. The number of ether oxygens (including phenoxy) is 2. The van der Waals surface area contributed by atoms with Crippen molar-refractivity contribution in [2.75, 3.05) is 38.6 Å². The summed E-state index contributed by atoms with van der Waals surface area (Å²) in [5.74, 6) is 0.731. The van der Waals surface area contributed by atoms with E-state index < -0.39 is 17.0 Å². The number of hydrogen-bond acceptors (Lipinski definition) is 8. The summed E-state index contributed by atoms with van der Waals surface area (Å²) in [7, 11) is 1.35. The van der Waals surface area contributed by atoms with Gasteiger partial charge in [-0.2, -0.15) is 0 Å². The summed E-state index contributed by atoms with van der Waals surface area (Å²) in [5, 5.41) is 0. The van der Waals surface area contributed by atoms with Crippen molar-refractivity contribution >= 4 is 17.4 Å². The van der Waals surface area contributed by atoms with E-state index in [9.17, 15) is 19.2 Å². The summed E-state index contributed by atoms with van der Waals surface area (Å²) < 4.78 is 13.3. The van der Waals surface area contributed by atoms with Crippen molar-refractivity contribution in [2.24, 2.45) is 18.9 Å². The highest BCUT2D eigenvalue weighted by atomic mass is 16.6. The average Bonchev–Trinajstić information content (AvgIpc) is 2.85. The van der Waals surface area contributed by atoms with Crippen molar-refractivity contribution in [3.8, 4) is 11.5 Å². The van der Waals surface area contributed by atoms with Gasteiger partial charge in [0.05, 0.1) is 6.54 Å². The molecule has 0 aliphatic carbocycles. The molecule has 2 aromatic rings. The molecular formula is C25H32N4O6. The number of rotatable bonds is 7. The Kier molecular flexibility index (Phi) is 7.11. The molecule has 0 radical (unpaired) electrons. The highest BCUT2D eigenvalue weighted by Gasteiger charge is 2.29. The molecule has 4 rings (SSSR count). The minimum Gasteiger partial charge on any atom is -0.486 e. The van der Waals surface area contributed by atoms with Crippen LogP contribution in [0.25, 0.3) is 0 Å². The van der Waals surface area contributed by atoms with Crippen LogP contribution in [0.4, 0.5) is 5.82 Å². The van der Waals surface area contributed by atoms with Crippen LogP contribution in [0.2, 0.25) is 0 Å². The molecule has 1 aromatic carbocycles. The maximum atomic E-state index is 13.1. The molecule has 0 bridgehead atoms. The first-order valence-corrected chi connectivity index (χ1v) is 12.0. The second-order valence-electron chi connectivity index (χ2n) is 9.61. The lowest BCUT2D eigenvalue weighted by atomic mass is 9.88. The summed E-state index contributed by atoms with van der Waals surface area (Å²) in [4.78, 5) is 53.2. The molecule has 10 nitrogen and oxygen atoms in total. The maximum absolute atomic E-state index is 13.1. The lowest BCUT2D eigenvalue weighted by Crippen LogP contribution is -2.45. The highest BCUT2D eigenvalue weighted by Crippen LogP contribution is 2.32. The third-order valence-electron chi connectivity index (χ3n) is 6.56. The predicted molar refractivity (Wildman–Crippen MR) is 130 cm³/mol. The van der Waals surface area contributed by atoms with E-state index in [0.717, 1.165) is 4.57 Å². The number of fused-ring (bicyclic) bond motifs is 1. The molecule has 2 aliphatic heterocycles. The van der Waals surface area contributed by atoms with Crippen LogP contribution in [0, 0.1) is 11.8 Å². The van der Waals surface area contributed by atoms with E-state index in [1.165, 1.54) is 11.6 Å². The maximum Gasteiger partial charge on any atom is 0.332 e. The third kappa shape index (κ3) is 5.02. The molecule has 1 aromatic heterocycles. The summed E-state index contributed by atoms with van der Waals surface area (Å²) in [5.41, 5.74) is 5.36. The molecule has 35 heavy (non-hydrogen) atoms. The second kappa shape index (κ2) is 10.1. The lowest BCUT2D eigenvalue weighted by Gasteiger charge is -2.31. The summed E-state index contributed by atoms with van der Waals surface area (Å²) in [6, 6.07) is 5.26. The number of anilines is 1.